The van der Waals surface area contributed by atoms with Crippen LogP contribution in [-0.4, -0.2) is 25.9 Å². The topological polar surface area (TPSA) is 64.6 Å². The lowest BCUT2D eigenvalue weighted by Crippen LogP contribution is -2.48. The number of thiophene rings is 1. The summed E-state index contributed by atoms with van der Waals surface area (Å²) in [6, 6.07) is 14.3. The van der Waals surface area contributed by atoms with Gasteiger partial charge in [0.1, 0.15) is 26.3 Å². The molecule has 148 valence electrons. The van der Waals surface area contributed by atoms with Gasteiger partial charge in [-0.05, 0) is 42.3 Å². The first-order chi connectivity index (χ1) is 13.9. The van der Waals surface area contributed by atoms with Crippen LogP contribution in [0.25, 0.3) is 11.1 Å². The van der Waals surface area contributed by atoms with Crippen LogP contribution in [0.15, 0.2) is 48.5 Å². The van der Waals surface area contributed by atoms with Crippen LogP contribution < -0.4 is 14.8 Å². The van der Waals surface area contributed by atoms with Crippen molar-refractivity contribution in [1.29, 1.82) is 0 Å². The molecule has 4 rings (SSSR count). The number of halogens is 1. The molecule has 7 heteroatoms. The molecule has 0 radical (unpaired) electrons. The lowest BCUT2D eigenvalue weighted by Gasteiger charge is -2.32. The summed E-state index contributed by atoms with van der Waals surface area (Å²) in [7, 11) is 3.13. The summed E-state index contributed by atoms with van der Waals surface area (Å²) in [5, 5.41) is 3.35. The minimum absolute atomic E-state index is 0.293. The first kappa shape index (κ1) is 19.5. The SMILES string of the molecule is COc1ccc(-c2c(Cl)sc3c2C(=O)C(C)(c2cccc(OC)c2)C(=O)N3)cc1. The van der Waals surface area contributed by atoms with Crippen molar-refractivity contribution in [3.8, 4) is 22.6 Å². The smallest absolute Gasteiger partial charge is 0.243 e. The van der Waals surface area contributed by atoms with Gasteiger partial charge in [-0.3, -0.25) is 9.59 Å². The second kappa shape index (κ2) is 7.21. The molecule has 1 atom stereocenters. The normalized spacial score (nSPS) is 18.2. The lowest BCUT2D eigenvalue weighted by molar-refractivity contribution is -0.119. The number of amides is 1. The number of nitrogens with one attached hydrogen (secondary N) is 1. The molecule has 3 aromatic rings. The van der Waals surface area contributed by atoms with Crippen molar-refractivity contribution in [3.63, 3.8) is 0 Å². The molecule has 2 aromatic carbocycles. The predicted molar refractivity (Wildman–Crippen MR) is 115 cm³/mol. The van der Waals surface area contributed by atoms with Crippen LogP contribution in [-0.2, 0) is 10.2 Å². The zero-order valence-electron chi connectivity index (χ0n) is 16.0. The molecule has 0 fully saturated rings. The average molecular weight is 428 g/mol. The number of hydrogen-bond donors (Lipinski definition) is 1. The summed E-state index contributed by atoms with van der Waals surface area (Å²) in [4.78, 5) is 26.7. The molecule has 0 aliphatic carbocycles. The Balaban J connectivity index is 1.88. The fourth-order valence-electron chi connectivity index (χ4n) is 3.50. The van der Waals surface area contributed by atoms with E-state index in [0.717, 1.165) is 5.56 Å². The highest BCUT2D eigenvalue weighted by Gasteiger charge is 2.49. The van der Waals surface area contributed by atoms with Crippen molar-refractivity contribution in [1.82, 2.24) is 0 Å². The number of anilines is 1. The number of fused-ring (bicyclic) bond motifs is 1. The maximum atomic E-state index is 13.7. The summed E-state index contributed by atoms with van der Waals surface area (Å²) < 4.78 is 10.9. The van der Waals surface area contributed by atoms with E-state index in [4.69, 9.17) is 21.1 Å². The molecule has 2 heterocycles. The van der Waals surface area contributed by atoms with Gasteiger partial charge in [-0.25, -0.2) is 0 Å². The van der Waals surface area contributed by atoms with Crippen LogP contribution in [0.4, 0.5) is 5.00 Å². The second-order valence-electron chi connectivity index (χ2n) is 6.82. The van der Waals surface area contributed by atoms with E-state index >= 15 is 0 Å². The van der Waals surface area contributed by atoms with E-state index in [1.807, 2.05) is 24.3 Å². The van der Waals surface area contributed by atoms with Crippen LogP contribution in [0.1, 0.15) is 22.8 Å². The third-order valence-corrected chi connectivity index (χ3v) is 6.57. The highest BCUT2D eigenvalue weighted by atomic mass is 35.5. The van der Waals surface area contributed by atoms with E-state index in [9.17, 15) is 9.59 Å². The van der Waals surface area contributed by atoms with E-state index in [-0.39, 0.29) is 11.7 Å². The summed E-state index contributed by atoms with van der Waals surface area (Å²) >= 11 is 7.70. The number of ether oxygens (including phenoxy) is 2. The van der Waals surface area contributed by atoms with E-state index < -0.39 is 5.41 Å². The van der Waals surface area contributed by atoms with Crippen molar-refractivity contribution in [2.45, 2.75) is 12.3 Å². The number of methoxy groups -OCH3 is 2. The Morgan fingerprint density at radius 3 is 2.31 bits per heavy atom. The largest absolute Gasteiger partial charge is 0.497 e. The van der Waals surface area contributed by atoms with E-state index in [0.29, 0.717) is 37.5 Å². The Bertz CT molecular complexity index is 1120. The van der Waals surface area contributed by atoms with Crippen molar-refractivity contribution in [2.75, 3.05) is 19.5 Å². The summed E-state index contributed by atoms with van der Waals surface area (Å²) in [5.74, 6) is 0.601. The highest BCUT2D eigenvalue weighted by Crippen LogP contribution is 2.49. The monoisotopic (exact) mass is 427 g/mol. The van der Waals surface area contributed by atoms with Gasteiger partial charge in [-0.15, -0.1) is 11.3 Å². The van der Waals surface area contributed by atoms with Crippen molar-refractivity contribution < 1.29 is 19.1 Å². The van der Waals surface area contributed by atoms with Gasteiger partial charge in [-0.2, -0.15) is 0 Å². The van der Waals surface area contributed by atoms with Crippen molar-refractivity contribution in [3.05, 3.63) is 64.0 Å². The fourth-order valence-corrected chi connectivity index (χ4v) is 4.88. The zero-order chi connectivity index (χ0) is 20.8. The molecule has 0 saturated heterocycles. The molecule has 1 unspecified atom stereocenters. The molecule has 1 aromatic heterocycles. The van der Waals surface area contributed by atoms with Gasteiger partial charge in [-0.1, -0.05) is 35.9 Å². The Hall–Kier alpha value is -2.83. The van der Waals surface area contributed by atoms with Gasteiger partial charge in [0, 0.05) is 5.56 Å². The molecule has 1 aliphatic rings. The predicted octanol–water partition coefficient (Wildman–Crippen LogP) is 5.18. The number of rotatable bonds is 4. The Labute approximate surface area is 177 Å². The third kappa shape index (κ3) is 2.99. The Morgan fingerprint density at radius 2 is 1.66 bits per heavy atom. The zero-order valence-corrected chi connectivity index (χ0v) is 17.6. The number of hydrogen-bond acceptors (Lipinski definition) is 5. The molecule has 1 aliphatic heterocycles. The molecule has 0 saturated carbocycles. The minimum Gasteiger partial charge on any atom is -0.497 e. The maximum absolute atomic E-state index is 13.7. The van der Waals surface area contributed by atoms with Crippen LogP contribution in [0, 0.1) is 0 Å². The number of Topliss-reactive ketones (excluding diaryl/α,β-unsaturated/α-hetero) is 1. The Morgan fingerprint density at radius 1 is 0.966 bits per heavy atom. The number of carbonyl (C=O) groups is 2. The van der Waals surface area contributed by atoms with Crippen LogP contribution >= 0.6 is 22.9 Å². The first-order valence-electron chi connectivity index (χ1n) is 8.87. The number of ketones is 1. The van der Waals surface area contributed by atoms with Gasteiger partial charge >= 0.3 is 0 Å². The molecule has 29 heavy (non-hydrogen) atoms. The second-order valence-corrected chi connectivity index (χ2v) is 8.45. The standard InChI is InChI=1S/C22H18ClNO4S/c1-22(13-5-4-6-15(11-13)28-3)18(25)17-16(12-7-9-14(27-2)10-8-12)19(23)29-20(17)24-21(22)26/h4-11H,1-3H3,(H,24,26). The average Bonchev–Trinajstić information content (AvgIpc) is 3.07. The van der Waals surface area contributed by atoms with E-state index in [1.165, 1.54) is 11.3 Å². The minimum atomic E-state index is -1.40. The molecule has 0 bridgehead atoms. The van der Waals surface area contributed by atoms with Crippen LogP contribution in [0.2, 0.25) is 4.34 Å². The van der Waals surface area contributed by atoms with Gasteiger partial charge < -0.3 is 14.8 Å². The van der Waals surface area contributed by atoms with Crippen molar-refractivity contribution in [2.24, 2.45) is 0 Å². The van der Waals surface area contributed by atoms with E-state index in [2.05, 4.69) is 5.32 Å². The number of benzene rings is 2. The highest BCUT2D eigenvalue weighted by molar-refractivity contribution is 7.21. The fraction of sp³-hybridized carbons (Fsp3) is 0.182. The van der Waals surface area contributed by atoms with Gasteiger partial charge in [0.2, 0.25) is 5.91 Å². The summed E-state index contributed by atoms with van der Waals surface area (Å²) in [6.45, 7) is 1.63. The Kier molecular flexibility index (Phi) is 4.84. The van der Waals surface area contributed by atoms with Gasteiger partial charge in [0.15, 0.2) is 5.78 Å². The third-order valence-electron chi connectivity index (χ3n) is 5.25. The van der Waals surface area contributed by atoms with Gasteiger partial charge in [0.25, 0.3) is 0 Å². The lowest BCUT2D eigenvalue weighted by atomic mass is 9.73. The van der Waals surface area contributed by atoms with Gasteiger partial charge in [0.05, 0.1) is 19.8 Å². The molecule has 0 spiro atoms. The molecule has 1 amide bonds. The maximum Gasteiger partial charge on any atom is 0.243 e. The van der Waals surface area contributed by atoms with Crippen molar-refractivity contribution >= 4 is 39.6 Å². The molecule has 5 nitrogen and oxygen atoms in total. The summed E-state index contributed by atoms with van der Waals surface area (Å²) in [6.07, 6.45) is 0. The quantitative estimate of drug-likeness (QED) is 0.583. The molecule has 1 N–H and O–H groups in total. The molecular formula is C22H18ClNO4S. The van der Waals surface area contributed by atoms with Crippen LogP contribution in [0.3, 0.4) is 0 Å². The van der Waals surface area contributed by atoms with E-state index in [1.54, 1.807) is 45.4 Å². The number of carbonyl (C=O) groups excluding carboxylic acids is 2. The molecular weight excluding hydrogens is 410 g/mol. The summed E-state index contributed by atoms with van der Waals surface area (Å²) in [5.41, 5.74) is 0.995. The first-order valence-corrected chi connectivity index (χ1v) is 10.1. The van der Waals surface area contributed by atoms with Crippen LogP contribution in [0.5, 0.6) is 11.5 Å².